The SMILES string of the molecule is C[C@@H](N)c1ccc(-n2ccnc2C(F)(F)F)c(F)c1.Cl. The van der Waals surface area contributed by atoms with Crippen molar-refractivity contribution < 1.29 is 17.6 Å². The van der Waals surface area contributed by atoms with Crippen molar-refractivity contribution in [2.24, 2.45) is 5.73 Å². The molecule has 3 nitrogen and oxygen atoms in total. The summed E-state index contributed by atoms with van der Waals surface area (Å²) in [4.78, 5) is 3.21. The number of alkyl halides is 3. The average molecular weight is 310 g/mol. The molecule has 0 aliphatic rings. The molecule has 1 heterocycles. The largest absolute Gasteiger partial charge is 0.450 e. The molecule has 0 radical (unpaired) electrons. The van der Waals surface area contributed by atoms with Gasteiger partial charge in [0.2, 0.25) is 5.82 Å². The molecular weight excluding hydrogens is 298 g/mol. The molecule has 1 aromatic carbocycles. The Morgan fingerprint density at radius 3 is 2.45 bits per heavy atom. The van der Waals surface area contributed by atoms with Gasteiger partial charge in [0.1, 0.15) is 5.82 Å². The summed E-state index contributed by atoms with van der Waals surface area (Å²) in [5.74, 6) is -1.95. The van der Waals surface area contributed by atoms with Gasteiger partial charge in [0.15, 0.2) is 0 Å². The van der Waals surface area contributed by atoms with E-state index < -0.39 is 23.9 Å². The minimum atomic E-state index is -4.64. The highest BCUT2D eigenvalue weighted by atomic mass is 35.5. The summed E-state index contributed by atoms with van der Waals surface area (Å²) in [6, 6.07) is 3.47. The topological polar surface area (TPSA) is 43.8 Å². The molecule has 8 heteroatoms. The number of rotatable bonds is 2. The van der Waals surface area contributed by atoms with E-state index in [0.29, 0.717) is 10.1 Å². The highest BCUT2D eigenvalue weighted by Gasteiger charge is 2.36. The van der Waals surface area contributed by atoms with E-state index in [-0.39, 0.29) is 18.1 Å². The van der Waals surface area contributed by atoms with E-state index in [2.05, 4.69) is 4.98 Å². The van der Waals surface area contributed by atoms with Gasteiger partial charge in [0, 0.05) is 18.4 Å². The number of hydrogen-bond acceptors (Lipinski definition) is 2. The Hall–Kier alpha value is -1.60. The summed E-state index contributed by atoms with van der Waals surface area (Å²) in [6.45, 7) is 1.66. The second-order valence-electron chi connectivity index (χ2n) is 4.12. The van der Waals surface area contributed by atoms with Gasteiger partial charge in [0.05, 0.1) is 5.69 Å². The van der Waals surface area contributed by atoms with Crippen LogP contribution in [0, 0.1) is 5.82 Å². The van der Waals surface area contributed by atoms with Crippen molar-refractivity contribution in [2.45, 2.75) is 19.1 Å². The normalized spacial score (nSPS) is 12.9. The van der Waals surface area contributed by atoms with E-state index in [9.17, 15) is 17.6 Å². The van der Waals surface area contributed by atoms with Gasteiger partial charge in [-0.25, -0.2) is 9.37 Å². The van der Waals surface area contributed by atoms with Gasteiger partial charge in [-0.2, -0.15) is 13.2 Å². The number of halogens is 5. The molecule has 0 fully saturated rings. The zero-order chi connectivity index (χ0) is 14.2. The second-order valence-corrected chi connectivity index (χ2v) is 4.12. The molecule has 0 spiro atoms. The lowest BCUT2D eigenvalue weighted by Gasteiger charge is -2.13. The Kier molecular flexibility index (Phi) is 4.77. The summed E-state index contributed by atoms with van der Waals surface area (Å²) in [5, 5.41) is 0. The van der Waals surface area contributed by atoms with Gasteiger partial charge in [0.25, 0.3) is 0 Å². The molecule has 20 heavy (non-hydrogen) atoms. The van der Waals surface area contributed by atoms with Gasteiger partial charge in [-0.15, -0.1) is 12.4 Å². The van der Waals surface area contributed by atoms with Crippen molar-refractivity contribution in [3.8, 4) is 5.69 Å². The van der Waals surface area contributed by atoms with Crippen LogP contribution in [0.1, 0.15) is 24.4 Å². The first-order chi connectivity index (χ1) is 8.80. The van der Waals surface area contributed by atoms with E-state index in [1.54, 1.807) is 6.92 Å². The Bertz CT molecular complexity index is 593. The Balaban J connectivity index is 0.00000200. The van der Waals surface area contributed by atoms with Gasteiger partial charge in [-0.3, -0.25) is 4.57 Å². The first-order valence-electron chi connectivity index (χ1n) is 5.46. The predicted octanol–water partition coefficient (Wildman–Crippen LogP) is 3.47. The molecule has 2 aromatic rings. The quantitative estimate of drug-likeness (QED) is 0.863. The highest BCUT2D eigenvalue weighted by molar-refractivity contribution is 5.85. The first kappa shape index (κ1) is 16.5. The Labute approximate surface area is 118 Å². The summed E-state index contributed by atoms with van der Waals surface area (Å²) < 4.78 is 52.6. The van der Waals surface area contributed by atoms with Crippen LogP contribution in [0.25, 0.3) is 5.69 Å². The van der Waals surface area contributed by atoms with Crippen molar-refractivity contribution in [1.82, 2.24) is 9.55 Å². The molecule has 1 aromatic heterocycles. The molecule has 2 N–H and O–H groups in total. The first-order valence-corrected chi connectivity index (χ1v) is 5.46. The van der Waals surface area contributed by atoms with Crippen LogP contribution < -0.4 is 5.73 Å². The number of nitrogens with two attached hydrogens (primary N) is 1. The number of benzene rings is 1. The summed E-state index contributed by atoms with van der Waals surface area (Å²) in [6.07, 6.45) is -2.61. The van der Waals surface area contributed by atoms with Gasteiger partial charge >= 0.3 is 6.18 Å². The van der Waals surface area contributed by atoms with Crippen LogP contribution >= 0.6 is 12.4 Å². The molecule has 1 atom stereocenters. The van der Waals surface area contributed by atoms with Crippen LogP contribution in [0.4, 0.5) is 17.6 Å². The molecule has 0 unspecified atom stereocenters. The summed E-state index contributed by atoms with van der Waals surface area (Å²) >= 11 is 0. The molecule has 0 saturated heterocycles. The molecule has 0 aliphatic heterocycles. The Morgan fingerprint density at radius 2 is 1.95 bits per heavy atom. The van der Waals surface area contributed by atoms with Crippen LogP contribution in [0.2, 0.25) is 0 Å². The van der Waals surface area contributed by atoms with Crippen molar-refractivity contribution in [3.05, 3.63) is 47.8 Å². The lowest BCUT2D eigenvalue weighted by Crippen LogP contribution is -2.14. The fourth-order valence-corrected chi connectivity index (χ4v) is 1.71. The lowest BCUT2D eigenvalue weighted by molar-refractivity contribution is -0.145. The maximum atomic E-state index is 13.9. The molecule has 0 bridgehead atoms. The maximum absolute atomic E-state index is 13.9. The van der Waals surface area contributed by atoms with Crippen molar-refractivity contribution in [2.75, 3.05) is 0 Å². The van der Waals surface area contributed by atoms with Gasteiger partial charge in [-0.05, 0) is 24.6 Å². The third kappa shape index (κ3) is 3.10. The van der Waals surface area contributed by atoms with Crippen LogP contribution in [0.3, 0.4) is 0 Å². The smallest absolute Gasteiger partial charge is 0.324 e. The van der Waals surface area contributed by atoms with E-state index in [1.807, 2.05) is 0 Å². The molecule has 0 aliphatic carbocycles. The second kappa shape index (κ2) is 5.80. The van der Waals surface area contributed by atoms with Crippen molar-refractivity contribution in [3.63, 3.8) is 0 Å². The van der Waals surface area contributed by atoms with Gasteiger partial charge < -0.3 is 5.73 Å². The zero-order valence-corrected chi connectivity index (χ0v) is 11.2. The summed E-state index contributed by atoms with van der Waals surface area (Å²) in [7, 11) is 0. The number of nitrogens with zero attached hydrogens (tertiary/aromatic N) is 2. The maximum Gasteiger partial charge on any atom is 0.450 e. The third-order valence-electron chi connectivity index (χ3n) is 2.65. The Morgan fingerprint density at radius 1 is 1.30 bits per heavy atom. The average Bonchev–Trinajstić information content (AvgIpc) is 2.77. The monoisotopic (exact) mass is 309 g/mol. The van der Waals surface area contributed by atoms with Crippen LogP contribution in [-0.4, -0.2) is 9.55 Å². The van der Waals surface area contributed by atoms with E-state index in [0.717, 1.165) is 18.5 Å². The fraction of sp³-hybridized carbons (Fsp3) is 0.250. The van der Waals surface area contributed by atoms with Crippen LogP contribution in [-0.2, 0) is 6.18 Å². The predicted molar refractivity (Wildman–Crippen MR) is 68.4 cm³/mol. The van der Waals surface area contributed by atoms with Crippen LogP contribution in [0.5, 0.6) is 0 Å². The molecule has 0 saturated carbocycles. The van der Waals surface area contributed by atoms with E-state index in [4.69, 9.17) is 5.73 Å². The van der Waals surface area contributed by atoms with Gasteiger partial charge in [-0.1, -0.05) is 6.07 Å². The molecule has 110 valence electrons. The third-order valence-corrected chi connectivity index (χ3v) is 2.65. The zero-order valence-electron chi connectivity index (χ0n) is 10.4. The number of hydrogen-bond donors (Lipinski definition) is 1. The molecule has 0 amide bonds. The molecule has 2 rings (SSSR count). The highest BCUT2D eigenvalue weighted by Crippen LogP contribution is 2.30. The number of imidazole rings is 1. The summed E-state index contributed by atoms with van der Waals surface area (Å²) in [5.41, 5.74) is 5.88. The minimum absolute atomic E-state index is 0. The lowest BCUT2D eigenvalue weighted by atomic mass is 10.1. The fourth-order valence-electron chi connectivity index (χ4n) is 1.71. The van der Waals surface area contributed by atoms with Crippen molar-refractivity contribution >= 4 is 12.4 Å². The number of aromatic nitrogens is 2. The van der Waals surface area contributed by atoms with E-state index >= 15 is 0 Å². The molecular formula is C12H12ClF4N3. The van der Waals surface area contributed by atoms with E-state index in [1.165, 1.54) is 12.1 Å². The van der Waals surface area contributed by atoms with Crippen molar-refractivity contribution in [1.29, 1.82) is 0 Å². The van der Waals surface area contributed by atoms with Crippen LogP contribution in [0.15, 0.2) is 30.6 Å². The standard InChI is InChI=1S/C12H11F4N3.ClH/c1-7(17)8-2-3-10(9(13)6-8)19-5-4-18-11(19)12(14,15)16;/h2-7H,17H2,1H3;1H/t7-;/m1./s1. The minimum Gasteiger partial charge on any atom is -0.324 e.